The van der Waals surface area contributed by atoms with Gasteiger partial charge in [0, 0.05) is 23.4 Å². The third-order valence-corrected chi connectivity index (χ3v) is 4.04. The first kappa shape index (κ1) is 18.7. The molecule has 0 aliphatic rings. The van der Waals surface area contributed by atoms with E-state index in [1.165, 1.54) is 0 Å². The zero-order valence-electron chi connectivity index (χ0n) is 15.3. The van der Waals surface area contributed by atoms with Crippen LogP contribution in [0.4, 0.5) is 5.69 Å². The van der Waals surface area contributed by atoms with E-state index in [1.807, 2.05) is 32.0 Å². The van der Waals surface area contributed by atoms with Crippen molar-refractivity contribution in [2.75, 3.05) is 11.9 Å². The predicted octanol–water partition coefficient (Wildman–Crippen LogP) is 4.33. The fourth-order valence-electron chi connectivity index (χ4n) is 2.44. The van der Waals surface area contributed by atoms with Gasteiger partial charge in [-0.05, 0) is 61.6 Å². The van der Waals surface area contributed by atoms with E-state index in [2.05, 4.69) is 24.5 Å². The fraction of sp³-hybridized carbons (Fsp3) is 0.333. The van der Waals surface area contributed by atoms with Crippen LogP contribution in [0, 0.1) is 19.8 Å². The van der Waals surface area contributed by atoms with Gasteiger partial charge in [0.1, 0.15) is 0 Å². The molecule has 2 aromatic rings. The first-order valence-electron chi connectivity index (χ1n) is 8.63. The molecule has 0 aromatic heterocycles. The average Bonchev–Trinajstić information content (AvgIpc) is 2.57. The maximum absolute atomic E-state index is 12.5. The first-order chi connectivity index (χ1) is 11.9. The molecule has 0 radical (unpaired) electrons. The van der Waals surface area contributed by atoms with E-state index in [4.69, 9.17) is 0 Å². The summed E-state index contributed by atoms with van der Waals surface area (Å²) in [5, 5.41) is 5.81. The number of carbonyl (C=O) groups is 2. The third-order valence-electron chi connectivity index (χ3n) is 4.04. The van der Waals surface area contributed by atoms with Crippen LogP contribution < -0.4 is 10.6 Å². The molecule has 0 fully saturated rings. The Kier molecular flexibility index (Phi) is 6.34. The second-order valence-electron chi connectivity index (χ2n) is 6.79. The number of hydrogen-bond donors (Lipinski definition) is 2. The predicted molar refractivity (Wildman–Crippen MR) is 102 cm³/mol. The summed E-state index contributed by atoms with van der Waals surface area (Å²) >= 11 is 0. The lowest BCUT2D eigenvalue weighted by Gasteiger charge is -2.11. The summed E-state index contributed by atoms with van der Waals surface area (Å²) < 4.78 is 0. The monoisotopic (exact) mass is 338 g/mol. The third kappa shape index (κ3) is 5.45. The Labute approximate surface area is 149 Å². The van der Waals surface area contributed by atoms with Crippen LogP contribution in [0.3, 0.4) is 0 Å². The summed E-state index contributed by atoms with van der Waals surface area (Å²) in [5.41, 5.74) is 3.84. The fourth-order valence-corrected chi connectivity index (χ4v) is 2.44. The molecule has 4 nitrogen and oxygen atoms in total. The molecule has 0 aliphatic carbocycles. The van der Waals surface area contributed by atoms with Gasteiger partial charge in [0.25, 0.3) is 11.8 Å². The highest BCUT2D eigenvalue weighted by atomic mass is 16.2. The summed E-state index contributed by atoms with van der Waals surface area (Å²) in [4.78, 5) is 24.7. The summed E-state index contributed by atoms with van der Waals surface area (Å²) in [6, 6.07) is 12.7. The molecule has 2 N–H and O–H groups in total. The maximum Gasteiger partial charge on any atom is 0.255 e. The van der Waals surface area contributed by atoms with Crippen LogP contribution in [-0.4, -0.2) is 18.4 Å². The number of aryl methyl sites for hydroxylation is 2. The zero-order chi connectivity index (χ0) is 18.4. The normalized spacial score (nSPS) is 10.6. The molecule has 0 unspecified atom stereocenters. The van der Waals surface area contributed by atoms with Crippen LogP contribution in [-0.2, 0) is 0 Å². The minimum Gasteiger partial charge on any atom is -0.352 e. The van der Waals surface area contributed by atoms with Crippen molar-refractivity contribution in [3.63, 3.8) is 0 Å². The molecule has 0 bridgehead atoms. The highest BCUT2D eigenvalue weighted by Crippen LogP contribution is 2.18. The van der Waals surface area contributed by atoms with E-state index in [9.17, 15) is 9.59 Å². The highest BCUT2D eigenvalue weighted by molar-refractivity contribution is 6.06. The minimum absolute atomic E-state index is 0.151. The molecule has 2 rings (SSSR count). The first-order valence-corrected chi connectivity index (χ1v) is 8.63. The standard InChI is InChI=1S/C21H26N2O2/c1-14(2)10-11-22-20(24)17-6-5-7-18(13-17)21(25)23-19-12-15(3)8-9-16(19)4/h5-9,12-14H,10-11H2,1-4H3,(H,22,24)(H,23,25). The van der Waals surface area contributed by atoms with Gasteiger partial charge >= 0.3 is 0 Å². The summed E-state index contributed by atoms with van der Waals surface area (Å²) in [6.07, 6.45) is 0.929. The molecule has 2 amide bonds. The molecule has 2 aromatic carbocycles. The Morgan fingerprint density at radius 2 is 1.64 bits per heavy atom. The average molecular weight is 338 g/mol. The van der Waals surface area contributed by atoms with Gasteiger partial charge in [0.15, 0.2) is 0 Å². The van der Waals surface area contributed by atoms with Gasteiger partial charge in [0.05, 0.1) is 0 Å². The number of rotatable bonds is 6. The summed E-state index contributed by atoms with van der Waals surface area (Å²) in [5.74, 6) is 0.169. The van der Waals surface area contributed by atoms with Crippen LogP contribution in [0.1, 0.15) is 52.1 Å². The zero-order valence-corrected chi connectivity index (χ0v) is 15.3. The van der Waals surface area contributed by atoms with Crippen LogP contribution in [0.5, 0.6) is 0 Å². The Morgan fingerprint density at radius 1 is 0.960 bits per heavy atom. The van der Waals surface area contributed by atoms with Gasteiger partial charge < -0.3 is 10.6 Å². The number of amides is 2. The number of carbonyl (C=O) groups excluding carboxylic acids is 2. The Morgan fingerprint density at radius 3 is 2.32 bits per heavy atom. The SMILES string of the molecule is Cc1ccc(C)c(NC(=O)c2cccc(C(=O)NCCC(C)C)c2)c1. The molecule has 132 valence electrons. The number of hydrogen-bond acceptors (Lipinski definition) is 2. The van der Waals surface area contributed by atoms with Crippen molar-refractivity contribution in [1.29, 1.82) is 0 Å². The van der Waals surface area contributed by atoms with Gasteiger partial charge in [-0.2, -0.15) is 0 Å². The second-order valence-corrected chi connectivity index (χ2v) is 6.79. The number of benzene rings is 2. The summed E-state index contributed by atoms with van der Waals surface area (Å²) in [7, 11) is 0. The Balaban J connectivity index is 2.08. The minimum atomic E-state index is -0.217. The Hall–Kier alpha value is -2.62. The van der Waals surface area contributed by atoms with E-state index >= 15 is 0 Å². The smallest absolute Gasteiger partial charge is 0.255 e. The van der Waals surface area contributed by atoms with E-state index in [-0.39, 0.29) is 11.8 Å². The quantitative estimate of drug-likeness (QED) is 0.823. The number of nitrogens with one attached hydrogen (secondary N) is 2. The van der Waals surface area contributed by atoms with Crippen molar-refractivity contribution in [2.45, 2.75) is 34.1 Å². The lowest BCUT2D eigenvalue weighted by molar-refractivity contribution is 0.0952. The largest absolute Gasteiger partial charge is 0.352 e. The van der Waals surface area contributed by atoms with E-state index in [0.29, 0.717) is 23.6 Å². The molecule has 0 atom stereocenters. The summed E-state index contributed by atoms with van der Waals surface area (Å²) in [6.45, 7) is 8.80. The van der Waals surface area contributed by atoms with Gasteiger partial charge in [-0.1, -0.05) is 32.0 Å². The molecule has 4 heteroatoms. The lowest BCUT2D eigenvalue weighted by atomic mass is 10.1. The van der Waals surface area contributed by atoms with Crippen LogP contribution >= 0.6 is 0 Å². The van der Waals surface area contributed by atoms with E-state index in [0.717, 1.165) is 23.2 Å². The van der Waals surface area contributed by atoms with Crippen molar-refractivity contribution in [3.8, 4) is 0 Å². The van der Waals surface area contributed by atoms with E-state index < -0.39 is 0 Å². The van der Waals surface area contributed by atoms with Crippen molar-refractivity contribution in [3.05, 3.63) is 64.7 Å². The van der Waals surface area contributed by atoms with Crippen LogP contribution in [0.15, 0.2) is 42.5 Å². The van der Waals surface area contributed by atoms with Crippen molar-refractivity contribution in [2.24, 2.45) is 5.92 Å². The molecule has 0 saturated carbocycles. The highest BCUT2D eigenvalue weighted by Gasteiger charge is 2.11. The molecular weight excluding hydrogens is 312 g/mol. The van der Waals surface area contributed by atoms with Crippen LogP contribution in [0.25, 0.3) is 0 Å². The van der Waals surface area contributed by atoms with Crippen LogP contribution in [0.2, 0.25) is 0 Å². The van der Waals surface area contributed by atoms with Crippen molar-refractivity contribution < 1.29 is 9.59 Å². The molecular formula is C21H26N2O2. The second kappa shape index (κ2) is 8.47. The molecule has 25 heavy (non-hydrogen) atoms. The molecule has 0 heterocycles. The molecule has 0 aliphatic heterocycles. The molecule has 0 spiro atoms. The lowest BCUT2D eigenvalue weighted by Crippen LogP contribution is -2.25. The van der Waals surface area contributed by atoms with Gasteiger partial charge in [-0.15, -0.1) is 0 Å². The van der Waals surface area contributed by atoms with Gasteiger partial charge in [-0.3, -0.25) is 9.59 Å². The topological polar surface area (TPSA) is 58.2 Å². The van der Waals surface area contributed by atoms with Crippen molar-refractivity contribution in [1.82, 2.24) is 5.32 Å². The van der Waals surface area contributed by atoms with E-state index in [1.54, 1.807) is 24.3 Å². The van der Waals surface area contributed by atoms with Gasteiger partial charge in [0.2, 0.25) is 0 Å². The Bertz CT molecular complexity index is 766. The van der Waals surface area contributed by atoms with Gasteiger partial charge in [-0.25, -0.2) is 0 Å². The molecule has 0 saturated heterocycles. The maximum atomic E-state index is 12.5. The number of anilines is 1. The van der Waals surface area contributed by atoms with Crippen molar-refractivity contribution >= 4 is 17.5 Å².